The first kappa shape index (κ1) is 13.5. The van der Waals surface area contributed by atoms with Crippen molar-refractivity contribution in [3.8, 4) is 0 Å². The van der Waals surface area contributed by atoms with E-state index in [1.807, 2.05) is 0 Å². The van der Waals surface area contributed by atoms with Crippen LogP contribution >= 0.6 is 0 Å². The summed E-state index contributed by atoms with van der Waals surface area (Å²) in [6, 6.07) is 0.580. The fourth-order valence-electron chi connectivity index (χ4n) is 2.65. The van der Waals surface area contributed by atoms with Crippen molar-refractivity contribution in [1.29, 1.82) is 0 Å². The third-order valence-corrected chi connectivity index (χ3v) is 4.01. The molecule has 102 valence electrons. The van der Waals surface area contributed by atoms with Gasteiger partial charge in [0.2, 0.25) is 6.39 Å². The molecule has 2 rings (SSSR count). The van der Waals surface area contributed by atoms with E-state index in [0.717, 1.165) is 24.7 Å². The summed E-state index contributed by atoms with van der Waals surface area (Å²) >= 11 is 0. The molecule has 1 aliphatic rings. The van der Waals surface area contributed by atoms with Crippen LogP contribution in [0, 0.1) is 5.92 Å². The summed E-state index contributed by atoms with van der Waals surface area (Å²) in [5.41, 5.74) is 0. The van der Waals surface area contributed by atoms with Crippen molar-refractivity contribution in [3.05, 3.63) is 12.2 Å². The summed E-state index contributed by atoms with van der Waals surface area (Å²) < 4.78 is 4.72. The minimum Gasteiger partial charge on any atom is -0.343 e. The Bertz CT molecular complexity index is 320. The maximum Gasteiger partial charge on any atom is 0.213 e. The third-order valence-electron chi connectivity index (χ3n) is 4.01. The number of likely N-dealkylation sites (tertiary alicyclic amines) is 1. The number of nitrogens with zero attached hydrogens (tertiary/aromatic N) is 3. The van der Waals surface area contributed by atoms with Crippen LogP contribution in [0.3, 0.4) is 0 Å². The molecule has 5 nitrogen and oxygen atoms in total. The second-order valence-corrected chi connectivity index (χ2v) is 5.11. The SMILES string of the molecule is CCN1CCC(C(C)NCCc2ncon2)CC1. The van der Waals surface area contributed by atoms with Crippen molar-refractivity contribution in [1.82, 2.24) is 20.4 Å². The van der Waals surface area contributed by atoms with Crippen LogP contribution in [0.4, 0.5) is 0 Å². The van der Waals surface area contributed by atoms with Gasteiger partial charge in [-0.05, 0) is 45.3 Å². The highest BCUT2D eigenvalue weighted by molar-refractivity contribution is 4.82. The molecule has 1 aromatic heterocycles. The van der Waals surface area contributed by atoms with Crippen LogP contribution in [0.25, 0.3) is 0 Å². The highest BCUT2D eigenvalue weighted by Gasteiger charge is 2.22. The van der Waals surface area contributed by atoms with Gasteiger partial charge >= 0.3 is 0 Å². The maximum absolute atomic E-state index is 4.72. The lowest BCUT2D eigenvalue weighted by Gasteiger charge is -2.34. The Morgan fingerprint density at radius 3 is 2.89 bits per heavy atom. The quantitative estimate of drug-likeness (QED) is 0.827. The molecule has 1 aliphatic heterocycles. The molecule has 0 aromatic carbocycles. The molecule has 18 heavy (non-hydrogen) atoms. The molecule has 1 saturated heterocycles. The number of aromatic nitrogens is 2. The molecule has 0 bridgehead atoms. The van der Waals surface area contributed by atoms with Crippen molar-refractivity contribution in [2.24, 2.45) is 5.92 Å². The second kappa shape index (κ2) is 6.85. The molecule has 0 aliphatic carbocycles. The van der Waals surface area contributed by atoms with Gasteiger partial charge in [0, 0.05) is 19.0 Å². The zero-order valence-electron chi connectivity index (χ0n) is 11.4. The molecule has 1 N–H and O–H groups in total. The van der Waals surface area contributed by atoms with Gasteiger partial charge in [-0.15, -0.1) is 0 Å². The van der Waals surface area contributed by atoms with Crippen LogP contribution in [-0.2, 0) is 6.42 Å². The summed E-state index contributed by atoms with van der Waals surface area (Å²) in [7, 11) is 0. The average molecular weight is 252 g/mol. The van der Waals surface area contributed by atoms with E-state index >= 15 is 0 Å². The monoisotopic (exact) mass is 252 g/mol. The van der Waals surface area contributed by atoms with E-state index < -0.39 is 0 Å². The Balaban J connectivity index is 1.64. The zero-order valence-corrected chi connectivity index (χ0v) is 11.4. The first-order valence-corrected chi connectivity index (χ1v) is 7.00. The number of nitrogens with one attached hydrogen (secondary N) is 1. The van der Waals surface area contributed by atoms with Gasteiger partial charge in [0.1, 0.15) is 0 Å². The first-order chi connectivity index (χ1) is 8.79. The molecule has 1 unspecified atom stereocenters. The topological polar surface area (TPSA) is 54.2 Å². The smallest absolute Gasteiger partial charge is 0.213 e. The van der Waals surface area contributed by atoms with Crippen LogP contribution < -0.4 is 5.32 Å². The zero-order chi connectivity index (χ0) is 12.8. The molecular formula is C13H24N4O. The normalized spacial score (nSPS) is 20.1. The lowest BCUT2D eigenvalue weighted by atomic mass is 9.90. The summed E-state index contributed by atoms with van der Waals surface area (Å²) in [5.74, 6) is 1.59. The van der Waals surface area contributed by atoms with E-state index in [0.29, 0.717) is 6.04 Å². The standard InChI is InChI=1S/C13H24N4O/c1-3-17-8-5-12(6-9-17)11(2)14-7-4-13-15-10-18-16-13/h10-12,14H,3-9H2,1-2H3. The summed E-state index contributed by atoms with van der Waals surface area (Å²) in [4.78, 5) is 6.55. The minimum absolute atomic E-state index is 0.580. The molecule has 1 atom stereocenters. The van der Waals surface area contributed by atoms with Gasteiger partial charge < -0.3 is 14.7 Å². The Morgan fingerprint density at radius 1 is 1.50 bits per heavy atom. The fraction of sp³-hybridized carbons (Fsp3) is 0.846. The highest BCUT2D eigenvalue weighted by Crippen LogP contribution is 2.20. The van der Waals surface area contributed by atoms with E-state index in [4.69, 9.17) is 4.52 Å². The van der Waals surface area contributed by atoms with Crippen LogP contribution in [0.1, 0.15) is 32.5 Å². The van der Waals surface area contributed by atoms with Crippen molar-refractivity contribution >= 4 is 0 Å². The molecule has 0 radical (unpaired) electrons. The minimum atomic E-state index is 0.580. The maximum atomic E-state index is 4.72. The third kappa shape index (κ3) is 3.78. The van der Waals surface area contributed by atoms with E-state index in [1.54, 1.807) is 0 Å². The van der Waals surface area contributed by atoms with Gasteiger partial charge in [-0.1, -0.05) is 12.1 Å². The van der Waals surface area contributed by atoms with E-state index in [-0.39, 0.29) is 0 Å². The summed E-state index contributed by atoms with van der Waals surface area (Å²) in [6.45, 7) is 9.15. The summed E-state index contributed by atoms with van der Waals surface area (Å²) in [5, 5.41) is 7.40. The molecule has 2 heterocycles. The van der Waals surface area contributed by atoms with E-state index in [2.05, 4.69) is 34.2 Å². The van der Waals surface area contributed by atoms with Crippen molar-refractivity contribution in [2.75, 3.05) is 26.2 Å². The van der Waals surface area contributed by atoms with Crippen LogP contribution in [0.15, 0.2) is 10.9 Å². The average Bonchev–Trinajstić information content (AvgIpc) is 2.92. The van der Waals surface area contributed by atoms with Gasteiger partial charge in [0.05, 0.1) is 0 Å². The number of hydrogen-bond donors (Lipinski definition) is 1. The molecule has 0 saturated carbocycles. The largest absolute Gasteiger partial charge is 0.343 e. The van der Waals surface area contributed by atoms with Gasteiger partial charge in [-0.2, -0.15) is 4.98 Å². The Hall–Kier alpha value is -0.940. The first-order valence-electron chi connectivity index (χ1n) is 7.00. The molecule has 5 heteroatoms. The van der Waals surface area contributed by atoms with Gasteiger partial charge in [-0.3, -0.25) is 0 Å². The van der Waals surface area contributed by atoms with Gasteiger partial charge in [0.25, 0.3) is 0 Å². The van der Waals surface area contributed by atoms with Crippen LogP contribution in [0.2, 0.25) is 0 Å². The van der Waals surface area contributed by atoms with Gasteiger partial charge in [-0.25, -0.2) is 0 Å². The van der Waals surface area contributed by atoms with Gasteiger partial charge in [0.15, 0.2) is 5.82 Å². The van der Waals surface area contributed by atoms with Crippen molar-refractivity contribution < 1.29 is 4.52 Å². The predicted molar refractivity (Wildman–Crippen MR) is 70.3 cm³/mol. The molecule has 0 amide bonds. The number of rotatable bonds is 6. The number of hydrogen-bond acceptors (Lipinski definition) is 5. The Kier molecular flexibility index (Phi) is 5.13. The second-order valence-electron chi connectivity index (χ2n) is 5.11. The Labute approximate surface area is 109 Å². The van der Waals surface area contributed by atoms with Crippen molar-refractivity contribution in [3.63, 3.8) is 0 Å². The molecule has 1 aromatic rings. The predicted octanol–water partition coefficient (Wildman–Crippen LogP) is 1.32. The lowest BCUT2D eigenvalue weighted by molar-refractivity contribution is 0.169. The fourth-order valence-corrected chi connectivity index (χ4v) is 2.65. The highest BCUT2D eigenvalue weighted by atomic mass is 16.5. The molecule has 1 fully saturated rings. The van der Waals surface area contributed by atoms with Crippen LogP contribution in [0.5, 0.6) is 0 Å². The summed E-state index contributed by atoms with van der Waals surface area (Å²) in [6.07, 6.45) is 4.85. The van der Waals surface area contributed by atoms with E-state index in [9.17, 15) is 0 Å². The molecular weight excluding hydrogens is 228 g/mol. The molecule has 0 spiro atoms. The van der Waals surface area contributed by atoms with E-state index in [1.165, 1.54) is 38.9 Å². The number of piperidine rings is 1. The Morgan fingerprint density at radius 2 is 2.28 bits per heavy atom. The van der Waals surface area contributed by atoms with Crippen LogP contribution in [-0.4, -0.2) is 47.3 Å². The van der Waals surface area contributed by atoms with Crippen molar-refractivity contribution in [2.45, 2.75) is 39.2 Å². The lowest BCUT2D eigenvalue weighted by Crippen LogP contribution is -2.42.